The molecule has 0 amide bonds. The minimum absolute atomic E-state index is 0.0238. The number of rotatable bonds is 2. The first-order valence-electron chi connectivity index (χ1n) is 6.98. The summed E-state index contributed by atoms with van der Waals surface area (Å²) in [6.07, 6.45) is 1.23. The van der Waals surface area contributed by atoms with Gasteiger partial charge in [0.05, 0.1) is 19.3 Å². The van der Waals surface area contributed by atoms with Crippen molar-refractivity contribution in [3.63, 3.8) is 0 Å². The van der Waals surface area contributed by atoms with Gasteiger partial charge in [0.2, 0.25) is 0 Å². The van der Waals surface area contributed by atoms with Crippen LogP contribution in [0.25, 0.3) is 0 Å². The Morgan fingerprint density at radius 2 is 1.90 bits per heavy atom. The molecule has 0 bridgehead atoms. The van der Waals surface area contributed by atoms with Crippen LogP contribution in [0.4, 0.5) is 0 Å². The van der Waals surface area contributed by atoms with Crippen molar-refractivity contribution in [1.29, 1.82) is 0 Å². The smallest absolute Gasteiger partial charge is 0.135 e. The van der Waals surface area contributed by atoms with Gasteiger partial charge in [-0.2, -0.15) is 0 Å². The minimum Gasteiger partial charge on any atom is -0.497 e. The van der Waals surface area contributed by atoms with E-state index in [1.165, 1.54) is 11.1 Å². The minimum atomic E-state index is -0.0238. The SMILES string of the molecule is COc1ccc([C@H]2N[C@@H]3c4ccccc4C[C@@H]3O2)cc1. The van der Waals surface area contributed by atoms with Crippen LogP contribution in [0, 0.1) is 0 Å². The number of hydrogen-bond donors (Lipinski definition) is 1. The van der Waals surface area contributed by atoms with Gasteiger partial charge in [0.1, 0.15) is 12.0 Å². The maximum Gasteiger partial charge on any atom is 0.135 e. The number of hydrogen-bond acceptors (Lipinski definition) is 3. The normalized spacial score (nSPS) is 27.1. The van der Waals surface area contributed by atoms with E-state index in [-0.39, 0.29) is 12.3 Å². The monoisotopic (exact) mass is 267 g/mol. The van der Waals surface area contributed by atoms with Gasteiger partial charge in [-0.05, 0) is 28.8 Å². The lowest BCUT2D eigenvalue weighted by molar-refractivity contribution is 0.0400. The molecule has 3 heteroatoms. The van der Waals surface area contributed by atoms with Gasteiger partial charge >= 0.3 is 0 Å². The predicted molar refractivity (Wildman–Crippen MR) is 76.6 cm³/mol. The van der Waals surface area contributed by atoms with Crippen molar-refractivity contribution in [2.45, 2.75) is 24.8 Å². The predicted octanol–water partition coefficient (Wildman–Crippen LogP) is 2.98. The fraction of sp³-hybridized carbons (Fsp3) is 0.294. The Kier molecular flexibility index (Phi) is 2.76. The summed E-state index contributed by atoms with van der Waals surface area (Å²) in [6, 6.07) is 17.0. The summed E-state index contributed by atoms with van der Waals surface area (Å²) < 4.78 is 11.4. The van der Waals surface area contributed by atoms with Gasteiger partial charge in [0, 0.05) is 6.42 Å². The van der Waals surface area contributed by atoms with Crippen LogP contribution >= 0.6 is 0 Å². The van der Waals surface area contributed by atoms with Crippen molar-refractivity contribution >= 4 is 0 Å². The van der Waals surface area contributed by atoms with Gasteiger partial charge in [-0.3, -0.25) is 5.32 Å². The van der Waals surface area contributed by atoms with E-state index in [0.717, 1.165) is 17.7 Å². The van der Waals surface area contributed by atoms with Crippen LogP contribution in [-0.4, -0.2) is 13.2 Å². The van der Waals surface area contributed by atoms with Gasteiger partial charge in [-0.25, -0.2) is 0 Å². The standard InChI is InChI=1S/C17H17NO2/c1-19-13-8-6-11(7-9-13)17-18-16-14-5-3-2-4-12(14)10-15(16)20-17/h2-9,15-18H,10H2,1H3/t15-,16+,17-/m0/s1. The van der Waals surface area contributed by atoms with Gasteiger partial charge in [0.15, 0.2) is 0 Å². The van der Waals surface area contributed by atoms with E-state index in [4.69, 9.17) is 9.47 Å². The highest BCUT2D eigenvalue weighted by Gasteiger charge is 2.41. The number of ether oxygens (including phenoxy) is 2. The molecule has 1 N–H and O–H groups in total. The molecule has 0 radical (unpaired) electrons. The maximum absolute atomic E-state index is 6.18. The molecule has 3 atom stereocenters. The highest BCUT2D eigenvalue weighted by atomic mass is 16.5. The zero-order chi connectivity index (χ0) is 13.5. The first-order chi connectivity index (χ1) is 9.85. The number of benzene rings is 2. The number of nitrogens with one attached hydrogen (secondary N) is 1. The second-order valence-corrected chi connectivity index (χ2v) is 5.38. The topological polar surface area (TPSA) is 30.5 Å². The van der Waals surface area contributed by atoms with Crippen molar-refractivity contribution < 1.29 is 9.47 Å². The summed E-state index contributed by atoms with van der Waals surface area (Å²) in [7, 11) is 1.68. The van der Waals surface area contributed by atoms with E-state index in [2.05, 4.69) is 41.7 Å². The van der Waals surface area contributed by atoms with E-state index in [1.807, 2.05) is 12.1 Å². The Hall–Kier alpha value is -1.84. The van der Waals surface area contributed by atoms with E-state index in [9.17, 15) is 0 Å². The van der Waals surface area contributed by atoms with Crippen LogP contribution in [0.15, 0.2) is 48.5 Å². The lowest BCUT2D eigenvalue weighted by Crippen LogP contribution is -2.19. The van der Waals surface area contributed by atoms with Crippen molar-refractivity contribution in [3.05, 3.63) is 65.2 Å². The average Bonchev–Trinajstić information content (AvgIpc) is 3.05. The Labute approximate surface area is 118 Å². The van der Waals surface area contributed by atoms with Crippen LogP contribution in [0.1, 0.15) is 29.0 Å². The first kappa shape index (κ1) is 11.9. The summed E-state index contributed by atoms with van der Waals surface area (Å²) in [5.41, 5.74) is 3.94. The molecule has 4 rings (SSSR count). The third kappa shape index (κ3) is 1.82. The highest BCUT2D eigenvalue weighted by molar-refractivity contribution is 5.38. The lowest BCUT2D eigenvalue weighted by atomic mass is 10.1. The van der Waals surface area contributed by atoms with Crippen LogP contribution in [0.2, 0.25) is 0 Å². The molecule has 1 heterocycles. The summed E-state index contributed by atoms with van der Waals surface area (Å²) >= 11 is 0. The molecule has 0 unspecified atom stereocenters. The maximum atomic E-state index is 6.18. The molecule has 1 saturated heterocycles. The highest BCUT2D eigenvalue weighted by Crippen LogP contribution is 2.41. The van der Waals surface area contributed by atoms with E-state index in [0.29, 0.717) is 6.04 Å². The van der Waals surface area contributed by atoms with Gasteiger partial charge in [-0.1, -0.05) is 36.4 Å². The Balaban J connectivity index is 1.57. The molecule has 2 aromatic carbocycles. The van der Waals surface area contributed by atoms with Crippen LogP contribution < -0.4 is 10.1 Å². The zero-order valence-electron chi connectivity index (χ0n) is 11.4. The second-order valence-electron chi connectivity index (χ2n) is 5.38. The third-order valence-corrected chi connectivity index (χ3v) is 4.24. The molecule has 3 nitrogen and oxygen atoms in total. The first-order valence-corrected chi connectivity index (χ1v) is 6.98. The molecule has 1 aliphatic carbocycles. The zero-order valence-corrected chi connectivity index (χ0v) is 11.4. The molecule has 0 spiro atoms. The average molecular weight is 267 g/mol. The van der Waals surface area contributed by atoms with Crippen LogP contribution in [0.3, 0.4) is 0 Å². The molecule has 20 heavy (non-hydrogen) atoms. The molecular weight excluding hydrogens is 250 g/mol. The molecular formula is C17H17NO2. The molecule has 102 valence electrons. The summed E-state index contributed by atoms with van der Waals surface area (Å²) in [6.45, 7) is 0. The van der Waals surface area contributed by atoms with Crippen molar-refractivity contribution in [2.75, 3.05) is 7.11 Å². The van der Waals surface area contributed by atoms with Crippen molar-refractivity contribution in [1.82, 2.24) is 5.32 Å². The van der Waals surface area contributed by atoms with Crippen molar-refractivity contribution in [3.8, 4) is 5.75 Å². The van der Waals surface area contributed by atoms with E-state index < -0.39 is 0 Å². The lowest BCUT2D eigenvalue weighted by Gasteiger charge is -2.14. The molecule has 0 aromatic heterocycles. The quantitative estimate of drug-likeness (QED) is 0.907. The van der Waals surface area contributed by atoms with Crippen LogP contribution in [0.5, 0.6) is 5.75 Å². The Morgan fingerprint density at radius 1 is 1.10 bits per heavy atom. The summed E-state index contributed by atoms with van der Waals surface area (Å²) in [5, 5.41) is 3.60. The van der Waals surface area contributed by atoms with Gasteiger partial charge in [-0.15, -0.1) is 0 Å². The Morgan fingerprint density at radius 3 is 2.70 bits per heavy atom. The number of methoxy groups -OCH3 is 1. The fourth-order valence-corrected chi connectivity index (χ4v) is 3.21. The number of fused-ring (bicyclic) bond motifs is 3. The molecule has 2 aromatic rings. The molecule has 2 aliphatic rings. The van der Waals surface area contributed by atoms with Gasteiger partial charge < -0.3 is 9.47 Å². The molecule has 1 aliphatic heterocycles. The second kappa shape index (κ2) is 4.62. The van der Waals surface area contributed by atoms with E-state index in [1.54, 1.807) is 7.11 Å². The van der Waals surface area contributed by atoms with Crippen molar-refractivity contribution in [2.24, 2.45) is 0 Å². The fourth-order valence-electron chi connectivity index (χ4n) is 3.21. The summed E-state index contributed by atoms with van der Waals surface area (Å²) in [4.78, 5) is 0. The van der Waals surface area contributed by atoms with Crippen LogP contribution in [-0.2, 0) is 11.2 Å². The molecule has 0 saturated carbocycles. The Bertz CT molecular complexity index is 623. The largest absolute Gasteiger partial charge is 0.497 e. The molecule has 1 fully saturated rings. The van der Waals surface area contributed by atoms with Gasteiger partial charge in [0.25, 0.3) is 0 Å². The summed E-state index contributed by atoms with van der Waals surface area (Å²) in [5.74, 6) is 0.872. The van der Waals surface area contributed by atoms with E-state index >= 15 is 0 Å². The third-order valence-electron chi connectivity index (χ3n) is 4.24.